The van der Waals surface area contributed by atoms with E-state index in [1.165, 1.54) is 30.3 Å². The van der Waals surface area contributed by atoms with Gasteiger partial charge in [-0.2, -0.15) is 0 Å². The molecule has 39 heavy (non-hydrogen) atoms. The second-order valence-corrected chi connectivity index (χ2v) is 11.4. The first-order valence-corrected chi connectivity index (χ1v) is 14.1. The number of hydrogen-bond donors (Lipinski definition) is 2. The number of carbonyl (C=O) groups excluding carboxylic acids is 2. The van der Waals surface area contributed by atoms with Gasteiger partial charge < -0.3 is 10.6 Å². The molecule has 0 aromatic heterocycles. The van der Waals surface area contributed by atoms with E-state index in [2.05, 4.69) is 10.6 Å². The number of benzene rings is 4. The van der Waals surface area contributed by atoms with E-state index in [0.29, 0.717) is 6.54 Å². The largest absolute Gasteiger partial charge is 0.348 e. The first-order chi connectivity index (χ1) is 18.6. The molecule has 0 spiro atoms. The number of rotatable bonds is 9. The van der Waals surface area contributed by atoms with Crippen molar-refractivity contribution < 1.29 is 18.0 Å². The smallest absolute Gasteiger partial charge is 0.264 e. The van der Waals surface area contributed by atoms with Gasteiger partial charge in [0.1, 0.15) is 6.54 Å². The zero-order valence-electron chi connectivity index (χ0n) is 20.9. The van der Waals surface area contributed by atoms with E-state index >= 15 is 0 Å². The van der Waals surface area contributed by atoms with E-state index in [1.54, 1.807) is 36.4 Å². The summed E-state index contributed by atoms with van der Waals surface area (Å²) < 4.78 is 28.2. The molecule has 0 radical (unpaired) electrons. The number of nitrogens with zero attached hydrogens (tertiary/aromatic N) is 1. The van der Waals surface area contributed by atoms with Gasteiger partial charge in [0.2, 0.25) is 5.91 Å². The third-order valence-corrected chi connectivity index (χ3v) is 8.00. The fourth-order valence-corrected chi connectivity index (χ4v) is 5.74. The zero-order chi connectivity index (χ0) is 28.0. The van der Waals surface area contributed by atoms with E-state index < -0.39 is 22.5 Å². The van der Waals surface area contributed by atoms with Gasteiger partial charge in [0, 0.05) is 16.6 Å². The summed E-state index contributed by atoms with van der Waals surface area (Å²) in [6.45, 7) is 1.55. The lowest BCUT2D eigenvalue weighted by Crippen LogP contribution is -2.38. The molecule has 0 saturated heterocycles. The molecular formula is C29H25Cl2N3O4S. The minimum absolute atomic E-state index is 0.00214. The lowest BCUT2D eigenvalue weighted by molar-refractivity contribution is -0.114. The molecule has 2 N–H and O–H groups in total. The van der Waals surface area contributed by atoms with Crippen molar-refractivity contribution in [3.63, 3.8) is 0 Å². The van der Waals surface area contributed by atoms with Crippen molar-refractivity contribution in [1.82, 2.24) is 5.32 Å². The van der Waals surface area contributed by atoms with Gasteiger partial charge in [-0.05, 0) is 55.0 Å². The Balaban J connectivity index is 1.59. The molecule has 4 aromatic rings. The van der Waals surface area contributed by atoms with Crippen LogP contribution in [0.15, 0.2) is 102 Å². The highest BCUT2D eigenvalue weighted by molar-refractivity contribution is 7.92. The average Bonchev–Trinajstić information content (AvgIpc) is 2.91. The Kier molecular flexibility index (Phi) is 8.91. The molecule has 200 valence electrons. The fourth-order valence-electron chi connectivity index (χ4n) is 3.82. The summed E-state index contributed by atoms with van der Waals surface area (Å²) in [5.41, 5.74) is 2.40. The van der Waals surface area contributed by atoms with Crippen LogP contribution in [0, 0.1) is 6.92 Å². The highest BCUT2D eigenvalue weighted by atomic mass is 35.5. The molecule has 0 atom stereocenters. The molecule has 2 amide bonds. The monoisotopic (exact) mass is 581 g/mol. The summed E-state index contributed by atoms with van der Waals surface area (Å²) in [4.78, 5) is 26.1. The van der Waals surface area contributed by atoms with Crippen molar-refractivity contribution in [3.05, 3.63) is 124 Å². The number of amides is 2. The van der Waals surface area contributed by atoms with Gasteiger partial charge in [0.25, 0.3) is 15.9 Å². The van der Waals surface area contributed by atoms with Crippen LogP contribution in [-0.2, 0) is 21.4 Å². The minimum atomic E-state index is -4.18. The van der Waals surface area contributed by atoms with Gasteiger partial charge in [-0.3, -0.25) is 13.9 Å². The predicted molar refractivity (Wildman–Crippen MR) is 155 cm³/mol. The average molecular weight is 583 g/mol. The van der Waals surface area contributed by atoms with Gasteiger partial charge in [-0.15, -0.1) is 0 Å². The van der Waals surface area contributed by atoms with Crippen molar-refractivity contribution in [3.8, 4) is 0 Å². The van der Waals surface area contributed by atoms with Crippen LogP contribution in [-0.4, -0.2) is 26.8 Å². The number of nitrogens with one attached hydrogen (secondary N) is 2. The molecule has 0 aliphatic heterocycles. The Bertz CT molecular complexity index is 1570. The molecule has 0 saturated carbocycles. The van der Waals surface area contributed by atoms with E-state index in [-0.39, 0.29) is 37.8 Å². The summed E-state index contributed by atoms with van der Waals surface area (Å²) in [6.07, 6.45) is 0. The molecule has 4 rings (SSSR count). The van der Waals surface area contributed by atoms with E-state index in [9.17, 15) is 18.0 Å². The third-order valence-electron chi connectivity index (χ3n) is 5.77. The summed E-state index contributed by atoms with van der Waals surface area (Å²) in [7, 11) is -4.18. The number of halogens is 2. The standard InChI is InChI=1S/C29H25Cl2N3O4S/c1-20-11-13-25(14-12-20)39(37,38)34(24-16-22(30)15-23(31)17-24)19-28(35)33-27-10-6-5-9-26(27)29(36)32-18-21-7-3-2-4-8-21/h2-17H,18-19H2,1H3,(H,32,36)(H,33,35). The van der Waals surface area contributed by atoms with Crippen LogP contribution < -0.4 is 14.9 Å². The maximum absolute atomic E-state index is 13.6. The topological polar surface area (TPSA) is 95.6 Å². The second kappa shape index (κ2) is 12.3. The molecule has 0 fully saturated rings. The third kappa shape index (κ3) is 7.17. The minimum Gasteiger partial charge on any atom is -0.348 e. The molecule has 0 aliphatic carbocycles. The van der Waals surface area contributed by atoms with Crippen LogP contribution >= 0.6 is 23.2 Å². The fraction of sp³-hybridized carbons (Fsp3) is 0.103. The molecule has 0 bridgehead atoms. The Labute approximate surface area is 237 Å². The van der Waals surface area contributed by atoms with Gasteiger partial charge in [-0.25, -0.2) is 8.42 Å². The SMILES string of the molecule is Cc1ccc(S(=O)(=O)N(CC(=O)Nc2ccccc2C(=O)NCc2ccccc2)c2cc(Cl)cc(Cl)c2)cc1. The van der Waals surface area contributed by atoms with Gasteiger partial charge >= 0.3 is 0 Å². The number of hydrogen-bond acceptors (Lipinski definition) is 4. The van der Waals surface area contributed by atoms with Crippen molar-refractivity contribution in [2.45, 2.75) is 18.4 Å². The number of anilines is 2. The summed E-state index contributed by atoms with van der Waals surface area (Å²) in [5.74, 6) is -1.05. The van der Waals surface area contributed by atoms with Crippen LogP contribution in [0.3, 0.4) is 0 Å². The van der Waals surface area contributed by atoms with Crippen molar-refractivity contribution in [1.29, 1.82) is 0 Å². The summed E-state index contributed by atoms with van der Waals surface area (Å²) in [6, 6.07) is 26.5. The van der Waals surface area contributed by atoms with Gasteiger partial charge in [-0.1, -0.05) is 83.4 Å². The Morgan fingerprint density at radius 1 is 0.821 bits per heavy atom. The quantitative estimate of drug-likeness (QED) is 0.251. The zero-order valence-corrected chi connectivity index (χ0v) is 23.2. The lowest BCUT2D eigenvalue weighted by atomic mass is 10.1. The van der Waals surface area contributed by atoms with Crippen molar-refractivity contribution in [2.24, 2.45) is 0 Å². The first kappa shape index (κ1) is 28.2. The van der Waals surface area contributed by atoms with Gasteiger partial charge in [0.15, 0.2) is 0 Å². The van der Waals surface area contributed by atoms with Crippen LogP contribution in [0.1, 0.15) is 21.5 Å². The molecule has 7 nitrogen and oxygen atoms in total. The van der Waals surface area contributed by atoms with Crippen LogP contribution in [0.4, 0.5) is 11.4 Å². The maximum Gasteiger partial charge on any atom is 0.264 e. The Hall–Kier alpha value is -3.85. The summed E-state index contributed by atoms with van der Waals surface area (Å²) >= 11 is 12.3. The number of para-hydroxylation sites is 1. The summed E-state index contributed by atoms with van der Waals surface area (Å²) in [5, 5.41) is 5.93. The predicted octanol–water partition coefficient (Wildman–Crippen LogP) is 6.07. The van der Waals surface area contributed by atoms with Crippen molar-refractivity contribution in [2.75, 3.05) is 16.2 Å². The highest BCUT2D eigenvalue weighted by Crippen LogP contribution is 2.30. The lowest BCUT2D eigenvalue weighted by Gasteiger charge is -2.25. The maximum atomic E-state index is 13.6. The van der Waals surface area contributed by atoms with E-state index in [4.69, 9.17) is 23.2 Å². The highest BCUT2D eigenvalue weighted by Gasteiger charge is 2.28. The number of aryl methyl sites for hydroxylation is 1. The van der Waals surface area contributed by atoms with E-state index in [1.807, 2.05) is 37.3 Å². The van der Waals surface area contributed by atoms with Crippen LogP contribution in [0.2, 0.25) is 10.0 Å². The normalized spacial score (nSPS) is 11.1. The molecular weight excluding hydrogens is 557 g/mol. The van der Waals surface area contributed by atoms with Crippen molar-refractivity contribution >= 4 is 56.4 Å². The first-order valence-electron chi connectivity index (χ1n) is 11.9. The molecule has 4 aromatic carbocycles. The van der Waals surface area contributed by atoms with E-state index in [0.717, 1.165) is 15.4 Å². The number of carbonyl (C=O) groups is 2. The van der Waals surface area contributed by atoms with Crippen LogP contribution in [0.5, 0.6) is 0 Å². The molecule has 10 heteroatoms. The van der Waals surface area contributed by atoms with Gasteiger partial charge in [0.05, 0.1) is 21.8 Å². The molecule has 0 aliphatic rings. The van der Waals surface area contributed by atoms with Crippen LogP contribution in [0.25, 0.3) is 0 Å². The Morgan fingerprint density at radius 2 is 1.44 bits per heavy atom. The Morgan fingerprint density at radius 3 is 2.10 bits per heavy atom. The number of sulfonamides is 1. The molecule has 0 heterocycles. The second-order valence-electron chi connectivity index (χ2n) is 8.71. The molecule has 0 unspecified atom stereocenters.